The van der Waals surface area contributed by atoms with E-state index >= 15 is 0 Å². The number of aryl methyl sites for hydroxylation is 1. The molecule has 0 radical (unpaired) electrons. The summed E-state index contributed by atoms with van der Waals surface area (Å²) >= 11 is 6.45. The van der Waals surface area contributed by atoms with Gasteiger partial charge in [0.2, 0.25) is 0 Å². The predicted octanol–water partition coefficient (Wildman–Crippen LogP) is 6.76. The van der Waals surface area contributed by atoms with Gasteiger partial charge in [-0.2, -0.15) is 9.78 Å². The molecule has 214 valence electrons. The highest BCUT2D eigenvalue weighted by Crippen LogP contribution is 2.34. The fourth-order valence-corrected chi connectivity index (χ4v) is 4.63. The van der Waals surface area contributed by atoms with E-state index in [-0.39, 0.29) is 18.1 Å². The molecule has 1 atom stereocenters. The molecule has 41 heavy (non-hydrogen) atoms. The molecule has 1 aromatic heterocycles. The molecule has 0 aliphatic heterocycles. The standard InChI is InChI=1S/C32H34ClN3O5/c1-7-39-29-15-20(5)25(17-24(29)19(3)4)30-35-27-12-10-9-11-23(27)31(37)36(30)34-18-22-13-14-28(26(33)16-22)41-21(6)32(38)40-8-2/h9-19,21H,7-8H2,1-6H3/t21-/m0/s1. The Morgan fingerprint density at radius 3 is 2.49 bits per heavy atom. The zero-order chi connectivity index (χ0) is 29.7. The van der Waals surface area contributed by atoms with Crippen molar-refractivity contribution in [3.05, 3.63) is 86.7 Å². The number of aromatic nitrogens is 2. The van der Waals surface area contributed by atoms with E-state index < -0.39 is 12.1 Å². The van der Waals surface area contributed by atoms with Crippen LogP contribution in [0, 0.1) is 6.92 Å². The van der Waals surface area contributed by atoms with Crippen LogP contribution in [0.4, 0.5) is 0 Å². The normalized spacial score (nSPS) is 12.2. The van der Waals surface area contributed by atoms with E-state index in [4.69, 9.17) is 30.8 Å². The molecule has 3 aromatic carbocycles. The van der Waals surface area contributed by atoms with E-state index in [2.05, 4.69) is 18.9 Å². The Bertz CT molecular complexity index is 1660. The number of halogens is 1. The van der Waals surface area contributed by atoms with Gasteiger partial charge in [0.1, 0.15) is 11.5 Å². The van der Waals surface area contributed by atoms with Gasteiger partial charge in [0.25, 0.3) is 5.56 Å². The lowest BCUT2D eigenvalue weighted by molar-refractivity contribution is -0.150. The van der Waals surface area contributed by atoms with Crippen molar-refractivity contribution < 1.29 is 19.0 Å². The number of hydrogen-bond donors (Lipinski definition) is 0. The Balaban J connectivity index is 1.79. The number of fused-ring (bicyclic) bond motifs is 1. The Labute approximate surface area is 244 Å². The zero-order valence-electron chi connectivity index (χ0n) is 24.1. The number of hydrogen-bond acceptors (Lipinski definition) is 7. The van der Waals surface area contributed by atoms with Gasteiger partial charge in [0, 0.05) is 5.56 Å². The second-order valence-electron chi connectivity index (χ2n) is 9.81. The van der Waals surface area contributed by atoms with Crippen molar-refractivity contribution in [2.75, 3.05) is 13.2 Å². The van der Waals surface area contributed by atoms with Crippen molar-refractivity contribution >= 4 is 34.7 Å². The monoisotopic (exact) mass is 575 g/mol. The van der Waals surface area contributed by atoms with Gasteiger partial charge in [-0.1, -0.05) is 37.6 Å². The molecule has 0 amide bonds. The van der Waals surface area contributed by atoms with Crippen LogP contribution in [0.15, 0.2) is 64.5 Å². The third kappa shape index (κ3) is 6.60. The Kier molecular flexibility index (Phi) is 9.45. The Hall–Kier alpha value is -4.17. The van der Waals surface area contributed by atoms with Gasteiger partial charge in [-0.05, 0) is 92.8 Å². The number of benzene rings is 3. The molecule has 0 saturated carbocycles. The molecule has 8 nitrogen and oxygen atoms in total. The number of ether oxygens (including phenoxy) is 3. The minimum atomic E-state index is -0.815. The second-order valence-corrected chi connectivity index (χ2v) is 10.2. The quantitative estimate of drug-likeness (QED) is 0.153. The molecule has 1 heterocycles. The van der Waals surface area contributed by atoms with E-state index in [9.17, 15) is 9.59 Å². The average molecular weight is 576 g/mol. The number of carbonyl (C=O) groups is 1. The van der Waals surface area contributed by atoms with E-state index in [0.717, 1.165) is 22.4 Å². The van der Waals surface area contributed by atoms with E-state index in [1.165, 1.54) is 4.68 Å². The number of carbonyl (C=O) groups excluding carboxylic acids is 1. The molecule has 0 aliphatic carbocycles. The predicted molar refractivity (Wildman–Crippen MR) is 163 cm³/mol. The third-order valence-corrected chi connectivity index (χ3v) is 6.77. The van der Waals surface area contributed by atoms with Crippen LogP contribution in [0.5, 0.6) is 11.5 Å². The first-order valence-corrected chi connectivity index (χ1v) is 14.0. The lowest BCUT2D eigenvalue weighted by atomic mass is 9.96. The summed E-state index contributed by atoms with van der Waals surface area (Å²) in [5.41, 5.74) is 3.62. The van der Waals surface area contributed by atoms with Crippen LogP contribution in [0.25, 0.3) is 22.3 Å². The molecule has 0 fully saturated rings. The van der Waals surface area contributed by atoms with Gasteiger partial charge < -0.3 is 14.2 Å². The minimum absolute atomic E-state index is 0.189. The molecule has 9 heteroatoms. The summed E-state index contributed by atoms with van der Waals surface area (Å²) in [6, 6.07) is 16.3. The molecule has 4 aromatic rings. The van der Waals surface area contributed by atoms with Gasteiger partial charge in [0.05, 0.1) is 35.4 Å². The first-order valence-electron chi connectivity index (χ1n) is 13.6. The molecule has 0 unspecified atom stereocenters. The van der Waals surface area contributed by atoms with Crippen molar-refractivity contribution in [3.63, 3.8) is 0 Å². The highest BCUT2D eigenvalue weighted by atomic mass is 35.5. The average Bonchev–Trinajstić information content (AvgIpc) is 2.94. The molecule has 0 bridgehead atoms. The van der Waals surface area contributed by atoms with Gasteiger partial charge in [0.15, 0.2) is 11.9 Å². The summed E-state index contributed by atoms with van der Waals surface area (Å²) in [6.45, 7) is 12.3. The van der Waals surface area contributed by atoms with Crippen LogP contribution in [-0.2, 0) is 9.53 Å². The van der Waals surface area contributed by atoms with Crippen LogP contribution in [0.1, 0.15) is 57.2 Å². The minimum Gasteiger partial charge on any atom is -0.494 e. The van der Waals surface area contributed by atoms with Crippen molar-refractivity contribution in [3.8, 4) is 22.9 Å². The fourth-order valence-electron chi connectivity index (χ4n) is 4.39. The molecular weight excluding hydrogens is 542 g/mol. The fraction of sp³-hybridized carbons (Fsp3) is 0.312. The zero-order valence-corrected chi connectivity index (χ0v) is 24.9. The van der Waals surface area contributed by atoms with Crippen molar-refractivity contribution in [2.24, 2.45) is 5.10 Å². The highest BCUT2D eigenvalue weighted by Gasteiger charge is 2.19. The van der Waals surface area contributed by atoms with E-state index in [1.54, 1.807) is 50.4 Å². The van der Waals surface area contributed by atoms with Crippen LogP contribution < -0.4 is 15.0 Å². The molecular formula is C32H34ClN3O5. The SMILES string of the molecule is CCOC(=O)[C@H](C)Oc1ccc(C=Nn2c(-c3cc(C(C)C)c(OCC)cc3C)nc3ccccc3c2=O)cc1Cl. The second kappa shape index (κ2) is 13.0. The third-order valence-electron chi connectivity index (χ3n) is 6.47. The summed E-state index contributed by atoms with van der Waals surface area (Å²) in [6.07, 6.45) is 0.726. The number of nitrogens with zero attached hydrogens (tertiary/aromatic N) is 3. The summed E-state index contributed by atoms with van der Waals surface area (Å²) in [5.74, 6) is 1.28. The summed E-state index contributed by atoms with van der Waals surface area (Å²) in [5, 5.41) is 5.32. The largest absolute Gasteiger partial charge is 0.494 e. The topological polar surface area (TPSA) is 92.0 Å². The molecule has 0 aliphatic rings. The van der Waals surface area contributed by atoms with E-state index in [1.807, 2.05) is 38.1 Å². The van der Waals surface area contributed by atoms with E-state index in [0.29, 0.717) is 39.7 Å². The molecule has 4 rings (SSSR count). The first kappa shape index (κ1) is 29.8. The summed E-state index contributed by atoms with van der Waals surface area (Å²) in [7, 11) is 0. The number of esters is 1. The van der Waals surface area contributed by atoms with Crippen molar-refractivity contribution in [2.45, 2.75) is 53.6 Å². The molecule has 0 saturated heterocycles. The Morgan fingerprint density at radius 1 is 1.05 bits per heavy atom. The maximum atomic E-state index is 13.7. The molecule has 0 N–H and O–H groups in total. The van der Waals surface area contributed by atoms with Crippen LogP contribution in [0.2, 0.25) is 5.02 Å². The lowest BCUT2D eigenvalue weighted by Crippen LogP contribution is -2.26. The van der Waals surface area contributed by atoms with Crippen molar-refractivity contribution in [1.29, 1.82) is 0 Å². The molecule has 0 spiro atoms. The van der Waals surface area contributed by atoms with Crippen LogP contribution >= 0.6 is 11.6 Å². The van der Waals surface area contributed by atoms with Gasteiger partial charge in [-0.3, -0.25) is 4.79 Å². The van der Waals surface area contributed by atoms with Crippen LogP contribution in [0.3, 0.4) is 0 Å². The summed E-state index contributed by atoms with van der Waals surface area (Å²) in [4.78, 5) is 30.5. The smallest absolute Gasteiger partial charge is 0.347 e. The summed E-state index contributed by atoms with van der Waals surface area (Å²) < 4.78 is 17.9. The Morgan fingerprint density at radius 2 is 1.80 bits per heavy atom. The van der Waals surface area contributed by atoms with Gasteiger partial charge >= 0.3 is 5.97 Å². The lowest BCUT2D eigenvalue weighted by Gasteiger charge is -2.18. The van der Waals surface area contributed by atoms with Crippen molar-refractivity contribution in [1.82, 2.24) is 9.66 Å². The number of para-hydroxylation sites is 1. The first-order chi connectivity index (χ1) is 19.6. The van der Waals surface area contributed by atoms with Crippen LogP contribution in [-0.4, -0.2) is 41.2 Å². The highest BCUT2D eigenvalue weighted by molar-refractivity contribution is 6.32. The maximum absolute atomic E-state index is 13.7. The van der Waals surface area contributed by atoms with Gasteiger partial charge in [-0.15, -0.1) is 0 Å². The number of rotatable bonds is 10. The maximum Gasteiger partial charge on any atom is 0.347 e. The van der Waals surface area contributed by atoms with Gasteiger partial charge in [-0.25, -0.2) is 9.78 Å².